The molecule has 1 heterocycles. The lowest BCUT2D eigenvalue weighted by Gasteiger charge is -2.28. The number of benzene rings is 1. The number of hydroxylamine groups is 1. The highest BCUT2D eigenvalue weighted by molar-refractivity contribution is 7.90. The fourth-order valence-corrected chi connectivity index (χ4v) is 3.83. The minimum absolute atomic E-state index is 0.111. The van der Waals surface area contributed by atoms with Gasteiger partial charge in [-0.1, -0.05) is 31.2 Å². The van der Waals surface area contributed by atoms with Gasteiger partial charge in [-0.25, -0.2) is 13.1 Å². The summed E-state index contributed by atoms with van der Waals surface area (Å²) < 4.78 is 26.6. The predicted octanol–water partition coefficient (Wildman–Crippen LogP) is 2.08. The van der Waals surface area contributed by atoms with E-state index in [0.717, 1.165) is 6.42 Å². The van der Waals surface area contributed by atoms with E-state index in [1.165, 1.54) is 13.2 Å². The Morgan fingerprint density at radius 1 is 1.29 bits per heavy atom. The molecule has 1 aromatic rings. The first kappa shape index (κ1) is 18.6. The van der Waals surface area contributed by atoms with E-state index in [1.54, 1.807) is 44.2 Å². The van der Waals surface area contributed by atoms with Crippen LogP contribution in [0.25, 0.3) is 0 Å². The van der Waals surface area contributed by atoms with Gasteiger partial charge in [0.05, 0.1) is 0 Å². The van der Waals surface area contributed by atoms with Gasteiger partial charge < -0.3 is 4.84 Å². The summed E-state index contributed by atoms with van der Waals surface area (Å²) in [6.45, 7) is 7.12. The Bertz CT molecular complexity index is 738. The number of carbonyl (C=O) groups excluding carboxylic acids is 1. The third kappa shape index (κ3) is 3.11. The van der Waals surface area contributed by atoms with Crippen molar-refractivity contribution in [2.75, 3.05) is 6.54 Å². The molecule has 0 saturated heterocycles. The largest absolute Gasteiger partial charge is 0.415 e. The van der Waals surface area contributed by atoms with Gasteiger partial charge >= 0.3 is 0 Å². The van der Waals surface area contributed by atoms with Crippen molar-refractivity contribution in [2.45, 2.75) is 44.4 Å². The zero-order valence-corrected chi connectivity index (χ0v) is 15.2. The number of nitrogens with one attached hydrogen (secondary N) is 2. The van der Waals surface area contributed by atoms with E-state index in [2.05, 4.69) is 10.2 Å². The Balaban J connectivity index is 2.35. The lowest BCUT2D eigenvalue weighted by molar-refractivity contribution is -0.124. The molecule has 0 spiro atoms. The molecule has 0 radical (unpaired) electrons. The molecule has 0 aliphatic carbocycles. The van der Waals surface area contributed by atoms with Crippen molar-refractivity contribution >= 4 is 15.8 Å². The first-order chi connectivity index (χ1) is 11.2. The Morgan fingerprint density at radius 2 is 1.92 bits per heavy atom. The number of hydrogen-bond acceptors (Lipinski definition) is 5. The highest BCUT2D eigenvalue weighted by Gasteiger charge is 2.40. The molecule has 0 bridgehead atoms. The van der Waals surface area contributed by atoms with Crippen LogP contribution in [0, 0.1) is 0 Å². The number of carbonyl (C=O) groups is 1. The topological polar surface area (TPSA) is 84.5 Å². The maximum atomic E-state index is 12.5. The van der Waals surface area contributed by atoms with E-state index >= 15 is 0 Å². The molecule has 7 heteroatoms. The second-order valence-corrected chi connectivity index (χ2v) is 8.69. The van der Waals surface area contributed by atoms with Crippen LogP contribution in [0.1, 0.15) is 45.2 Å². The number of hydrogen-bond donors (Lipinski definition) is 2. The van der Waals surface area contributed by atoms with Crippen LogP contribution in [0.3, 0.4) is 0 Å². The van der Waals surface area contributed by atoms with Crippen molar-refractivity contribution in [1.82, 2.24) is 10.2 Å². The van der Waals surface area contributed by atoms with E-state index in [1.807, 2.05) is 6.92 Å². The summed E-state index contributed by atoms with van der Waals surface area (Å²) in [4.78, 5) is 17.0. The quantitative estimate of drug-likeness (QED) is 0.785. The summed E-state index contributed by atoms with van der Waals surface area (Å²) in [5.74, 6) is -0.111. The van der Waals surface area contributed by atoms with Crippen LogP contribution >= 0.6 is 0 Å². The van der Waals surface area contributed by atoms with Gasteiger partial charge in [-0.3, -0.25) is 4.79 Å². The third-order valence-corrected chi connectivity index (χ3v) is 6.57. The highest BCUT2D eigenvalue weighted by atomic mass is 32.2. The molecule has 1 unspecified atom stereocenters. The lowest BCUT2D eigenvalue weighted by atomic mass is 9.86. The van der Waals surface area contributed by atoms with Crippen LogP contribution in [0.4, 0.5) is 0 Å². The molecule has 24 heavy (non-hydrogen) atoms. The van der Waals surface area contributed by atoms with Crippen LogP contribution < -0.4 is 10.2 Å². The van der Waals surface area contributed by atoms with E-state index in [-0.39, 0.29) is 5.78 Å². The van der Waals surface area contributed by atoms with Crippen LogP contribution in [0.2, 0.25) is 0 Å². The van der Waals surface area contributed by atoms with Crippen LogP contribution in [-0.2, 0) is 29.9 Å². The molecular formula is C17H24N2O4S. The van der Waals surface area contributed by atoms with Crippen LogP contribution in [-0.4, -0.2) is 20.7 Å². The minimum atomic E-state index is -3.51. The van der Waals surface area contributed by atoms with Gasteiger partial charge in [-0.2, -0.15) is 0 Å². The third-order valence-electron chi connectivity index (χ3n) is 4.41. The molecular weight excluding hydrogens is 328 g/mol. The summed E-state index contributed by atoms with van der Waals surface area (Å²) in [7, 11) is -3.51. The second kappa shape index (κ2) is 6.66. The van der Waals surface area contributed by atoms with E-state index in [4.69, 9.17) is 4.84 Å². The van der Waals surface area contributed by atoms with E-state index in [9.17, 15) is 13.2 Å². The zero-order valence-electron chi connectivity index (χ0n) is 14.4. The zero-order chi connectivity index (χ0) is 18.0. The van der Waals surface area contributed by atoms with Gasteiger partial charge in [0.25, 0.3) is 0 Å². The standard InChI is InChI=1S/C17H24N2O4S/c1-5-11-18-24(21,22)16(3,4)14-6-8-15(9-7-14)17(13(2)20)10-12-23-19-17/h6-10,12,18-19H,5,11H2,1-4H3. The average molecular weight is 352 g/mol. The smallest absolute Gasteiger partial charge is 0.221 e. The maximum absolute atomic E-state index is 12.5. The second-order valence-electron chi connectivity index (χ2n) is 6.37. The Hall–Kier alpha value is -1.70. The summed E-state index contributed by atoms with van der Waals surface area (Å²) in [6, 6.07) is 6.97. The highest BCUT2D eigenvalue weighted by Crippen LogP contribution is 2.32. The van der Waals surface area contributed by atoms with E-state index in [0.29, 0.717) is 17.7 Å². The van der Waals surface area contributed by atoms with Crippen molar-refractivity contribution in [3.05, 3.63) is 47.7 Å². The number of rotatable bonds is 7. The summed E-state index contributed by atoms with van der Waals surface area (Å²) in [5.41, 5.74) is 3.03. The molecule has 2 N–H and O–H groups in total. The fourth-order valence-electron chi connectivity index (χ4n) is 2.55. The molecule has 1 atom stereocenters. The van der Waals surface area contributed by atoms with Crippen molar-refractivity contribution in [1.29, 1.82) is 0 Å². The molecule has 6 nitrogen and oxygen atoms in total. The van der Waals surface area contributed by atoms with Crippen molar-refractivity contribution in [3.8, 4) is 0 Å². The molecule has 0 saturated carbocycles. The first-order valence-corrected chi connectivity index (χ1v) is 9.37. The van der Waals surface area contributed by atoms with Gasteiger partial charge in [0.15, 0.2) is 11.3 Å². The number of sulfonamides is 1. The Labute approximate surface area is 143 Å². The summed E-state index contributed by atoms with van der Waals surface area (Å²) in [6.07, 6.45) is 3.81. The van der Waals surface area contributed by atoms with Crippen molar-refractivity contribution in [3.63, 3.8) is 0 Å². The van der Waals surface area contributed by atoms with Crippen LogP contribution in [0.15, 0.2) is 36.6 Å². The number of ketones is 1. The van der Waals surface area contributed by atoms with Gasteiger partial charge in [-0.15, -0.1) is 5.48 Å². The summed E-state index contributed by atoms with van der Waals surface area (Å²) >= 11 is 0. The van der Waals surface area contributed by atoms with E-state index < -0.39 is 20.3 Å². The normalized spacial score (nSPS) is 20.8. The van der Waals surface area contributed by atoms with Gasteiger partial charge in [0, 0.05) is 6.54 Å². The SMILES string of the molecule is CCCNS(=O)(=O)C(C)(C)c1ccc(C2(C(C)=O)C=CON2)cc1. The maximum Gasteiger partial charge on any atom is 0.221 e. The van der Waals surface area contributed by atoms with Gasteiger partial charge in [0.1, 0.15) is 11.0 Å². The molecule has 1 aliphatic heterocycles. The van der Waals surface area contributed by atoms with Gasteiger partial charge in [0.2, 0.25) is 10.0 Å². The fraction of sp³-hybridized carbons (Fsp3) is 0.471. The average Bonchev–Trinajstić information content (AvgIpc) is 3.04. The lowest BCUT2D eigenvalue weighted by Crippen LogP contribution is -2.43. The molecule has 132 valence electrons. The molecule has 0 fully saturated rings. The molecule has 1 aliphatic rings. The van der Waals surface area contributed by atoms with Crippen molar-refractivity contribution < 1.29 is 18.0 Å². The monoisotopic (exact) mass is 352 g/mol. The molecule has 1 aromatic carbocycles. The van der Waals surface area contributed by atoms with Crippen molar-refractivity contribution in [2.24, 2.45) is 0 Å². The predicted molar refractivity (Wildman–Crippen MR) is 92.4 cm³/mol. The first-order valence-electron chi connectivity index (χ1n) is 7.89. The Kier molecular flexibility index (Phi) is 5.17. The number of Topliss-reactive ketones (excluding diaryl/α,β-unsaturated/α-hetero) is 1. The van der Waals surface area contributed by atoms with Gasteiger partial charge in [-0.05, 0) is 44.4 Å². The summed E-state index contributed by atoms with van der Waals surface area (Å²) in [5, 5.41) is 0. The molecule has 2 rings (SSSR count). The molecule has 0 aromatic heterocycles. The van der Waals surface area contributed by atoms with Crippen LogP contribution in [0.5, 0.6) is 0 Å². The molecule has 0 amide bonds. The minimum Gasteiger partial charge on any atom is -0.415 e. The Morgan fingerprint density at radius 3 is 2.38 bits per heavy atom.